The molecule has 0 aromatic rings. The Kier molecular flexibility index (Phi) is 3.96. The first-order chi connectivity index (χ1) is 5.42. The van der Waals surface area contributed by atoms with Crippen LogP contribution in [0.2, 0.25) is 0 Å². The Morgan fingerprint density at radius 2 is 2.17 bits per heavy atom. The van der Waals surface area contributed by atoms with Gasteiger partial charge in [0.2, 0.25) is 0 Å². The lowest BCUT2D eigenvalue weighted by Gasteiger charge is -2.27. The molecule has 0 fully saturated rings. The fourth-order valence-corrected chi connectivity index (χ4v) is 0.934. The third-order valence-corrected chi connectivity index (χ3v) is 2.09. The van der Waals surface area contributed by atoms with Crippen molar-refractivity contribution >= 4 is 5.97 Å². The zero-order valence-corrected chi connectivity index (χ0v) is 7.58. The number of carboxylic acids is 1. The summed E-state index contributed by atoms with van der Waals surface area (Å²) >= 11 is 0. The minimum atomic E-state index is -1.04. The van der Waals surface area contributed by atoms with Gasteiger partial charge < -0.3 is 10.2 Å². The maximum Gasteiger partial charge on any atom is 0.303 e. The monoisotopic (exact) mass is 172 g/mol. The Bertz CT molecular complexity index is 175. The van der Waals surface area contributed by atoms with E-state index in [4.69, 9.17) is 5.11 Å². The van der Waals surface area contributed by atoms with Crippen molar-refractivity contribution in [3.63, 3.8) is 0 Å². The van der Waals surface area contributed by atoms with Gasteiger partial charge in [0.25, 0.3) is 0 Å². The van der Waals surface area contributed by atoms with E-state index in [0.717, 1.165) is 0 Å². The summed E-state index contributed by atoms with van der Waals surface area (Å²) in [4.78, 5) is 10.2. The van der Waals surface area contributed by atoms with Crippen LogP contribution >= 0.6 is 0 Å². The van der Waals surface area contributed by atoms with Crippen LogP contribution in [0.4, 0.5) is 0 Å². The molecule has 12 heavy (non-hydrogen) atoms. The highest BCUT2D eigenvalue weighted by molar-refractivity contribution is 5.66. The molecule has 0 rings (SSSR count). The van der Waals surface area contributed by atoms with Gasteiger partial charge in [-0.2, -0.15) is 0 Å². The van der Waals surface area contributed by atoms with Crippen molar-refractivity contribution in [2.75, 3.05) is 0 Å². The van der Waals surface area contributed by atoms with Crippen LogP contribution in [0.3, 0.4) is 0 Å². The van der Waals surface area contributed by atoms with Crippen molar-refractivity contribution in [1.82, 2.24) is 0 Å². The highest BCUT2D eigenvalue weighted by Gasteiger charge is 2.27. The van der Waals surface area contributed by atoms with Crippen LogP contribution in [0.15, 0.2) is 12.7 Å². The first-order valence-corrected chi connectivity index (χ1v) is 4.00. The van der Waals surface area contributed by atoms with Crippen LogP contribution in [0.1, 0.15) is 26.7 Å². The molecule has 0 saturated carbocycles. The quantitative estimate of drug-likeness (QED) is 0.617. The Hall–Kier alpha value is -0.830. The summed E-state index contributed by atoms with van der Waals surface area (Å²) < 4.78 is 0. The summed E-state index contributed by atoms with van der Waals surface area (Å²) in [7, 11) is 0. The van der Waals surface area contributed by atoms with E-state index in [-0.39, 0.29) is 18.8 Å². The summed E-state index contributed by atoms with van der Waals surface area (Å²) in [5, 5.41) is 18.2. The van der Waals surface area contributed by atoms with E-state index in [2.05, 4.69) is 6.58 Å². The first-order valence-electron chi connectivity index (χ1n) is 4.00. The number of rotatable bonds is 5. The van der Waals surface area contributed by atoms with E-state index in [1.165, 1.54) is 6.08 Å². The van der Waals surface area contributed by atoms with Crippen LogP contribution in [0, 0.1) is 5.92 Å². The third kappa shape index (κ3) is 3.05. The molecule has 0 aliphatic rings. The van der Waals surface area contributed by atoms with Gasteiger partial charge in [0.1, 0.15) is 0 Å². The summed E-state index contributed by atoms with van der Waals surface area (Å²) in [6, 6.07) is 0. The predicted octanol–water partition coefficient (Wildman–Crippen LogP) is 1.42. The van der Waals surface area contributed by atoms with Crippen LogP contribution in [-0.2, 0) is 4.79 Å². The topological polar surface area (TPSA) is 57.5 Å². The van der Waals surface area contributed by atoms with Gasteiger partial charge in [-0.1, -0.05) is 19.9 Å². The molecule has 0 aliphatic carbocycles. The number of hydrogen-bond acceptors (Lipinski definition) is 2. The molecule has 0 aliphatic heterocycles. The highest BCUT2D eigenvalue weighted by Crippen LogP contribution is 2.23. The summed E-state index contributed by atoms with van der Waals surface area (Å²) in [6.07, 6.45) is 1.62. The molecule has 0 spiro atoms. The van der Waals surface area contributed by atoms with Gasteiger partial charge in [0.15, 0.2) is 0 Å². The van der Waals surface area contributed by atoms with Gasteiger partial charge in [-0.05, 0) is 12.3 Å². The number of aliphatic hydroxyl groups is 1. The Balaban J connectivity index is 4.15. The molecule has 0 amide bonds. The number of hydrogen-bond donors (Lipinski definition) is 2. The molecule has 3 nitrogen and oxygen atoms in total. The van der Waals surface area contributed by atoms with Crippen molar-refractivity contribution in [3.05, 3.63) is 12.7 Å². The van der Waals surface area contributed by atoms with E-state index in [9.17, 15) is 9.90 Å². The zero-order valence-electron chi connectivity index (χ0n) is 7.58. The molecule has 1 atom stereocenters. The lowest BCUT2D eigenvalue weighted by Crippen LogP contribution is -2.32. The first kappa shape index (κ1) is 11.2. The number of carbonyl (C=O) groups is 1. The molecule has 0 bridgehead atoms. The predicted molar refractivity (Wildman–Crippen MR) is 46.9 cm³/mol. The molecule has 3 heteroatoms. The molecule has 1 unspecified atom stereocenters. The molecule has 0 aromatic heterocycles. The van der Waals surface area contributed by atoms with Gasteiger partial charge in [-0.25, -0.2) is 0 Å². The SMILES string of the molecule is C=CC(O)(CCC(=O)O)C(C)C. The highest BCUT2D eigenvalue weighted by atomic mass is 16.4. The third-order valence-electron chi connectivity index (χ3n) is 2.09. The summed E-state index contributed by atoms with van der Waals surface area (Å²) in [5.74, 6) is -0.898. The van der Waals surface area contributed by atoms with Crippen molar-refractivity contribution in [2.45, 2.75) is 32.3 Å². The maximum atomic E-state index is 10.2. The lowest BCUT2D eigenvalue weighted by molar-refractivity contribution is -0.138. The normalized spacial score (nSPS) is 15.7. The maximum absolute atomic E-state index is 10.2. The Labute approximate surface area is 72.7 Å². The number of aliphatic carboxylic acids is 1. The van der Waals surface area contributed by atoms with E-state index in [1.54, 1.807) is 0 Å². The fraction of sp³-hybridized carbons (Fsp3) is 0.667. The lowest BCUT2D eigenvalue weighted by atomic mass is 9.86. The second-order valence-corrected chi connectivity index (χ2v) is 3.24. The van der Waals surface area contributed by atoms with E-state index in [1.807, 2.05) is 13.8 Å². The van der Waals surface area contributed by atoms with Gasteiger partial charge in [-0.15, -0.1) is 6.58 Å². The smallest absolute Gasteiger partial charge is 0.303 e. The molecular weight excluding hydrogens is 156 g/mol. The van der Waals surface area contributed by atoms with Gasteiger partial charge in [0.05, 0.1) is 5.60 Å². The Morgan fingerprint density at radius 1 is 1.67 bits per heavy atom. The molecule has 0 heterocycles. The summed E-state index contributed by atoms with van der Waals surface area (Å²) in [5.41, 5.74) is -1.04. The molecule has 0 saturated heterocycles. The van der Waals surface area contributed by atoms with Crippen LogP contribution < -0.4 is 0 Å². The van der Waals surface area contributed by atoms with Crippen LogP contribution in [-0.4, -0.2) is 21.8 Å². The van der Waals surface area contributed by atoms with Crippen LogP contribution in [0.5, 0.6) is 0 Å². The largest absolute Gasteiger partial charge is 0.481 e. The standard InChI is InChI=1S/C9H16O3/c1-4-9(12,7(2)3)6-5-8(10)11/h4,7,12H,1,5-6H2,2-3H3,(H,10,11). The van der Waals surface area contributed by atoms with E-state index in [0.29, 0.717) is 0 Å². The molecular formula is C9H16O3. The minimum Gasteiger partial charge on any atom is -0.481 e. The van der Waals surface area contributed by atoms with E-state index >= 15 is 0 Å². The van der Waals surface area contributed by atoms with Crippen molar-refractivity contribution in [3.8, 4) is 0 Å². The van der Waals surface area contributed by atoms with Gasteiger partial charge >= 0.3 is 5.97 Å². The van der Waals surface area contributed by atoms with Gasteiger partial charge in [0, 0.05) is 6.42 Å². The molecule has 2 N–H and O–H groups in total. The van der Waals surface area contributed by atoms with Crippen molar-refractivity contribution < 1.29 is 15.0 Å². The van der Waals surface area contributed by atoms with Crippen molar-refractivity contribution in [1.29, 1.82) is 0 Å². The van der Waals surface area contributed by atoms with Crippen molar-refractivity contribution in [2.24, 2.45) is 5.92 Å². The molecule has 0 aromatic carbocycles. The fourth-order valence-electron chi connectivity index (χ4n) is 0.934. The second kappa shape index (κ2) is 4.26. The average Bonchev–Trinajstić information content (AvgIpc) is 1.99. The molecule has 0 radical (unpaired) electrons. The minimum absolute atomic E-state index is 0.00523. The van der Waals surface area contributed by atoms with E-state index < -0.39 is 11.6 Å². The zero-order chi connectivity index (χ0) is 9.78. The average molecular weight is 172 g/mol. The van der Waals surface area contributed by atoms with Gasteiger partial charge in [-0.3, -0.25) is 4.79 Å². The van der Waals surface area contributed by atoms with Crippen LogP contribution in [0.25, 0.3) is 0 Å². The Morgan fingerprint density at radius 3 is 2.42 bits per heavy atom. The second-order valence-electron chi connectivity index (χ2n) is 3.24. The number of carboxylic acid groups (broad SMARTS) is 1. The summed E-state index contributed by atoms with van der Waals surface area (Å²) in [6.45, 7) is 7.16. The molecule has 70 valence electrons.